The number of nitrogens with zero attached hydrogens (tertiary/aromatic N) is 4. The molecular formula is C36H39ClN6O3. The third-order valence-corrected chi connectivity index (χ3v) is 9.12. The normalized spacial score (nSPS) is 17.4. The van der Waals surface area contributed by atoms with Crippen LogP contribution in [0.1, 0.15) is 29.5 Å². The molecule has 10 heteroatoms. The number of urea groups is 1. The van der Waals surface area contributed by atoms with Crippen molar-refractivity contribution in [3.05, 3.63) is 94.6 Å². The molecule has 1 saturated heterocycles. The lowest BCUT2D eigenvalue weighted by Crippen LogP contribution is -2.56. The molecule has 1 fully saturated rings. The number of hydrogen-bond donors (Lipinski definition) is 2. The van der Waals surface area contributed by atoms with Gasteiger partial charge in [0.25, 0.3) is 0 Å². The third-order valence-electron chi connectivity index (χ3n) is 8.88. The van der Waals surface area contributed by atoms with E-state index in [-0.39, 0.29) is 24.0 Å². The van der Waals surface area contributed by atoms with E-state index in [2.05, 4.69) is 21.3 Å². The van der Waals surface area contributed by atoms with Gasteiger partial charge < -0.3 is 29.7 Å². The van der Waals surface area contributed by atoms with Gasteiger partial charge in [0.05, 0.1) is 11.6 Å². The molecule has 2 aliphatic rings. The number of aromatic nitrogens is 1. The number of nitrogens with one attached hydrogen (secondary N) is 2. The molecule has 0 unspecified atom stereocenters. The minimum absolute atomic E-state index is 0.0362. The van der Waals surface area contributed by atoms with Crippen LogP contribution in [-0.2, 0) is 17.6 Å². The summed E-state index contributed by atoms with van der Waals surface area (Å²) in [7, 11) is 4.08. The standard InChI is InChI=1S/C36H39ClN6O3/c1-41(2)22-25-17-26-18-28(37)9-12-34(26)43(23-25)35(44)33(19-27-21-39-32-6-4-3-5-31(27)32)40-36(45)42-15-13-30(14-16-42)46-29-10-7-24(20-38)8-11-29/h3-12,18,21,25,30,33,39H,13-17,19,22-23H2,1-2H3,(H,40,45)/t25-,33-/m1/s1. The van der Waals surface area contributed by atoms with Gasteiger partial charge in [-0.15, -0.1) is 0 Å². The number of hydrogen-bond acceptors (Lipinski definition) is 5. The maximum Gasteiger partial charge on any atom is 0.318 e. The van der Waals surface area contributed by atoms with Crippen LogP contribution in [0, 0.1) is 17.2 Å². The molecule has 2 atom stereocenters. The van der Waals surface area contributed by atoms with E-state index in [0.29, 0.717) is 55.2 Å². The number of anilines is 1. The van der Waals surface area contributed by atoms with E-state index in [4.69, 9.17) is 21.6 Å². The van der Waals surface area contributed by atoms with Crippen molar-refractivity contribution in [3.63, 3.8) is 0 Å². The molecule has 2 N–H and O–H groups in total. The first-order valence-electron chi connectivity index (χ1n) is 15.8. The molecule has 238 valence electrons. The van der Waals surface area contributed by atoms with E-state index in [1.54, 1.807) is 29.2 Å². The second kappa shape index (κ2) is 13.9. The first kappa shape index (κ1) is 31.5. The number of ether oxygens (including phenoxy) is 1. The van der Waals surface area contributed by atoms with E-state index < -0.39 is 6.04 Å². The average molecular weight is 639 g/mol. The summed E-state index contributed by atoms with van der Waals surface area (Å²) in [6.45, 7) is 2.41. The van der Waals surface area contributed by atoms with Crippen molar-refractivity contribution in [2.75, 3.05) is 45.2 Å². The van der Waals surface area contributed by atoms with Gasteiger partial charge in [0.15, 0.2) is 0 Å². The van der Waals surface area contributed by atoms with Crippen molar-refractivity contribution in [1.29, 1.82) is 5.26 Å². The van der Waals surface area contributed by atoms with Crippen LogP contribution < -0.4 is 15.0 Å². The van der Waals surface area contributed by atoms with Gasteiger partial charge in [-0.3, -0.25) is 4.79 Å². The van der Waals surface area contributed by atoms with Crippen molar-refractivity contribution in [1.82, 2.24) is 20.1 Å². The Labute approximate surface area is 274 Å². The number of aromatic amines is 1. The zero-order valence-electron chi connectivity index (χ0n) is 26.2. The van der Waals surface area contributed by atoms with Crippen LogP contribution >= 0.6 is 11.6 Å². The molecule has 1 aromatic heterocycles. The van der Waals surface area contributed by atoms with Crippen molar-refractivity contribution >= 4 is 40.1 Å². The highest BCUT2D eigenvalue weighted by molar-refractivity contribution is 6.30. The van der Waals surface area contributed by atoms with Gasteiger partial charge in [0.2, 0.25) is 5.91 Å². The van der Waals surface area contributed by atoms with Crippen molar-refractivity contribution in [2.24, 2.45) is 5.92 Å². The summed E-state index contributed by atoms with van der Waals surface area (Å²) in [6.07, 6.45) is 4.41. The van der Waals surface area contributed by atoms with Crippen LogP contribution in [0.5, 0.6) is 5.75 Å². The van der Waals surface area contributed by atoms with Gasteiger partial charge in [-0.1, -0.05) is 29.8 Å². The zero-order valence-corrected chi connectivity index (χ0v) is 27.0. The lowest BCUT2D eigenvalue weighted by molar-refractivity contribution is -0.120. The fourth-order valence-corrected chi connectivity index (χ4v) is 6.88. The van der Waals surface area contributed by atoms with Crippen LogP contribution in [0.3, 0.4) is 0 Å². The molecule has 3 amide bonds. The molecule has 3 aromatic carbocycles. The summed E-state index contributed by atoms with van der Waals surface area (Å²) in [5.74, 6) is 0.802. The number of rotatable bonds is 8. The van der Waals surface area contributed by atoms with Crippen LogP contribution in [0.25, 0.3) is 10.9 Å². The number of halogens is 1. The Morgan fingerprint density at radius 1 is 1.11 bits per heavy atom. The monoisotopic (exact) mass is 638 g/mol. The maximum atomic E-state index is 14.6. The molecule has 3 heterocycles. The summed E-state index contributed by atoms with van der Waals surface area (Å²) < 4.78 is 6.13. The molecule has 0 aliphatic carbocycles. The van der Waals surface area contributed by atoms with Gasteiger partial charge in [-0.2, -0.15) is 5.26 Å². The first-order valence-corrected chi connectivity index (χ1v) is 16.2. The summed E-state index contributed by atoms with van der Waals surface area (Å²) in [5.41, 5.74) is 4.44. The Balaban J connectivity index is 1.20. The minimum Gasteiger partial charge on any atom is -0.490 e. The predicted molar refractivity (Wildman–Crippen MR) is 180 cm³/mol. The highest BCUT2D eigenvalue weighted by Crippen LogP contribution is 2.33. The molecule has 0 bridgehead atoms. The first-order chi connectivity index (χ1) is 22.3. The number of benzene rings is 3. The number of fused-ring (bicyclic) bond motifs is 2. The Kier molecular flexibility index (Phi) is 9.48. The smallest absolute Gasteiger partial charge is 0.318 e. The van der Waals surface area contributed by atoms with Gasteiger partial charge >= 0.3 is 6.03 Å². The fourth-order valence-electron chi connectivity index (χ4n) is 6.69. The second-order valence-corrected chi connectivity index (χ2v) is 13.0. The number of nitriles is 1. The summed E-state index contributed by atoms with van der Waals surface area (Å²) in [4.78, 5) is 37.4. The van der Waals surface area contributed by atoms with Crippen LogP contribution in [0.15, 0.2) is 72.9 Å². The molecule has 46 heavy (non-hydrogen) atoms. The fraction of sp³-hybridized carbons (Fsp3) is 0.361. The lowest BCUT2D eigenvalue weighted by atomic mass is 9.91. The number of piperidine rings is 1. The van der Waals surface area contributed by atoms with E-state index in [9.17, 15) is 9.59 Å². The van der Waals surface area contributed by atoms with Crippen molar-refractivity contribution in [3.8, 4) is 11.8 Å². The SMILES string of the molecule is CN(C)C[C@H]1Cc2cc(Cl)ccc2N(C(=O)[C@@H](Cc2c[nH]c3ccccc23)NC(=O)N2CCC(Oc3ccc(C#N)cc3)CC2)C1. The Morgan fingerprint density at radius 3 is 2.61 bits per heavy atom. The van der Waals surface area contributed by atoms with Gasteiger partial charge in [0, 0.05) is 73.3 Å². The number of para-hydroxylation sites is 1. The highest BCUT2D eigenvalue weighted by Gasteiger charge is 2.35. The summed E-state index contributed by atoms with van der Waals surface area (Å²) >= 11 is 6.39. The molecular weight excluding hydrogens is 600 g/mol. The van der Waals surface area contributed by atoms with E-state index >= 15 is 0 Å². The number of H-pyrrole nitrogens is 1. The third kappa shape index (κ3) is 7.14. The Bertz CT molecular complexity index is 1740. The quantitative estimate of drug-likeness (QED) is 0.261. The average Bonchev–Trinajstić information content (AvgIpc) is 3.46. The van der Waals surface area contributed by atoms with Gasteiger partial charge in [0.1, 0.15) is 17.9 Å². The number of amides is 3. The van der Waals surface area contributed by atoms with E-state index in [1.807, 2.05) is 67.7 Å². The van der Waals surface area contributed by atoms with Crippen molar-refractivity contribution in [2.45, 2.75) is 37.8 Å². The molecule has 4 aromatic rings. The molecule has 0 saturated carbocycles. The molecule has 0 radical (unpaired) electrons. The molecule has 2 aliphatic heterocycles. The number of likely N-dealkylation sites (tertiary alicyclic amines) is 1. The Morgan fingerprint density at radius 2 is 1.87 bits per heavy atom. The van der Waals surface area contributed by atoms with E-state index in [1.165, 1.54) is 0 Å². The molecule has 9 nitrogen and oxygen atoms in total. The second-order valence-electron chi connectivity index (χ2n) is 12.6. The summed E-state index contributed by atoms with van der Waals surface area (Å²) in [6, 6.07) is 21.9. The minimum atomic E-state index is -0.777. The summed E-state index contributed by atoms with van der Waals surface area (Å²) in [5, 5.41) is 13.9. The van der Waals surface area contributed by atoms with Crippen LogP contribution in [-0.4, -0.2) is 79.1 Å². The van der Waals surface area contributed by atoms with Gasteiger partial charge in [-0.05, 0) is 86.1 Å². The largest absolute Gasteiger partial charge is 0.490 e. The van der Waals surface area contributed by atoms with Gasteiger partial charge in [-0.25, -0.2) is 4.79 Å². The topological polar surface area (TPSA) is 105 Å². The van der Waals surface area contributed by atoms with Crippen LogP contribution in [0.4, 0.5) is 10.5 Å². The molecule has 0 spiro atoms. The van der Waals surface area contributed by atoms with Crippen molar-refractivity contribution < 1.29 is 14.3 Å². The zero-order chi connectivity index (χ0) is 32.2. The predicted octanol–water partition coefficient (Wildman–Crippen LogP) is 5.62. The van der Waals surface area contributed by atoms with Crippen LogP contribution in [0.2, 0.25) is 5.02 Å². The van der Waals surface area contributed by atoms with E-state index in [0.717, 1.165) is 40.7 Å². The number of carbonyl (C=O) groups is 2. The molecule has 6 rings (SSSR count). The number of carbonyl (C=O) groups excluding carboxylic acids is 2. The highest BCUT2D eigenvalue weighted by atomic mass is 35.5. The lowest BCUT2D eigenvalue weighted by Gasteiger charge is -2.38. The Hall–Kier alpha value is -4.52. The maximum absolute atomic E-state index is 14.6.